The van der Waals surface area contributed by atoms with Gasteiger partial charge in [-0.25, -0.2) is 0 Å². The average molecular weight is 160 g/mol. The smallest absolute Gasteiger partial charge is 0.207 e. The van der Waals surface area contributed by atoms with E-state index in [9.17, 15) is 4.79 Å². The summed E-state index contributed by atoms with van der Waals surface area (Å²) >= 11 is 0. The summed E-state index contributed by atoms with van der Waals surface area (Å²) in [6, 6.07) is 7.43. The van der Waals surface area contributed by atoms with E-state index in [1.165, 1.54) is 6.20 Å². The molecule has 2 aromatic rings. The molecular weight excluding hydrogens is 152 g/mol. The summed E-state index contributed by atoms with van der Waals surface area (Å²) in [7, 11) is 1.82. The van der Waals surface area contributed by atoms with Crippen LogP contribution in [-0.2, 0) is 7.05 Å². The van der Waals surface area contributed by atoms with Crippen LogP contribution in [0, 0.1) is 0 Å². The van der Waals surface area contributed by atoms with Crippen molar-refractivity contribution in [1.29, 1.82) is 0 Å². The van der Waals surface area contributed by atoms with Crippen LogP contribution in [0.4, 0.5) is 0 Å². The Morgan fingerprint density at radius 1 is 1.33 bits per heavy atom. The fourth-order valence-corrected chi connectivity index (χ4v) is 1.23. The summed E-state index contributed by atoms with van der Waals surface area (Å²) in [5, 5.41) is 4.63. The fraction of sp³-hybridized carbons (Fsp3) is 0.111. The number of benzene rings is 1. The number of hydrogen-bond donors (Lipinski definition) is 0. The Labute approximate surface area is 69.3 Å². The number of rotatable bonds is 0. The zero-order valence-electron chi connectivity index (χ0n) is 6.69. The van der Waals surface area contributed by atoms with E-state index in [0.29, 0.717) is 0 Å². The van der Waals surface area contributed by atoms with Gasteiger partial charge in [-0.2, -0.15) is 5.10 Å². The molecule has 3 nitrogen and oxygen atoms in total. The molecule has 1 aromatic heterocycles. The van der Waals surface area contributed by atoms with Gasteiger partial charge in [0.1, 0.15) is 0 Å². The Kier molecular flexibility index (Phi) is 1.43. The standard InChI is InChI=1S/C9H8N2O/c1-11-8-5-3-2-4-7(8)9(12)6-10-11/h2-6H,1H3. The lowest BCUT2D eigenvalue weighted by atomic mass is 10.2. The van der Waals surface area contributed by atoms with Gasteiger partial charge in [0.15, 0.2) is 0 Å². The van der Waals surface area contributed by atoms with Crippen LogP contribution in [0.15, 0.2) is 35.3 Å². The molecule has 0 aliphatic rings. The number of hydrogen-bond acceptors (Lipinski definition) is 2. The highest BCUT2D eigenvalue weighted by molar-refractivity contribution is 5.77. The number of aromatic nitrogens is 2. The van der Waals surface area contributed by atoms with E-state index in [0.717, 1.165) is 10.9 Å². The van der Waals surface area contributed by atoms with Gasteiger partial charge in [-0.05, 0) is 12.1 Å². The minimum atomic E-state index is -0.0244. The topological polar surface area (TPSA) is 34.9 Å². The van der Waals surface area contributed by atoms with Crippen LogP contribution in [0.2, 0.25) is 0 Å². The van der Waals surface area contributed by atoms with E-state index in [2.05, 4.69) is 5.10 Å². The first kappa shape index (κ1) is 7.03. The first-order valence-corrected chi connectivity index (χ1v) is 3.70. The minimum Gasteiger partial charge on any atom is -0.287 e. The first-order chi connectivity index (χ1) is 5.79. The maximum absolute atomic E-state index is 11.3. The van der Waals surface area contributed by atoms with Crippen LogP contribution in [0.25, 0.3) is 10.9 Å². The summed E-state index contributed by atoms with van der Waals surface area (Å²) in [6.07, 6.45) is 1.34. The maximum atomic E-state index is 11.3. The van der Waals surface area contributed by atoms with Crippen molar-refractivity contribution in [3.63, 3.8) is 0 Å². The van der Waals surface area contributed by atoms with Crippen molar-refractivity contribution >= 4 is 10.9 Å². The van der Waals surface area contributed by atoms with Gasteiger partial charge in [0, 0.05) is 12.4 Å². The first-order valence-electron chi connectivity index (χ1n) is 3.70. The van der Waals surface area contributed by atoms with Crippen LogP contribution in [0.3, 0.4) is 0 Å². The van der Waals surface area contributed by atoms with Crippen molar-refractivity contribution in [3.05, 3.63) is 40.7 Å². The monoisotopic (exact) mass is 160 g/mol. The molecule has 0 aliphatic carbocycles. The number of aryl methyl sites for hydroxylation is 1. The molecule has 0 spiro atoms. The Bertz CT molecular complexity index is 473. The normalized spacial score (nSPS) is 10.4. The summed E-state index contributed by atoms with van der Waals surface area (Å²) < 4.78 is 1.69. The van der Waals surface area contributed by atoms with Crippen molar-refractivity contribution in [1.82, 2.24) is 9.78 Å². The molecule has 0 amide bonds. The zero-order chi connectivity index (χ0) is 8.55. The molecule has 0 unspecified atom stereocenters. The Morgan fingerprint density at radius 3 is 2.83 bits per heavy atom. The number of nitrogens with zero attached hydrogens (tertiary/aromatic N) is 2. The predicted octanol–water partition coefficient (Wildman–Crippen LogP) is 0.933. The third-order valence-corrected chi connectivity index (χ3v) is 1.87. The highest BCUT2D eigenvalue weighted by Gasteiger charge is 1.97. The Morgan fingerprint density at radius 2 is 2.08 bits per heavy atom. The minimum absolute atomic E-state index is 0.0244. The molecule has 1 aromatic carbocycles. The molecular formula is C9H8N2O. The second kappa shape index (κ2) is 2.44. The van der Waals surface area contributed by atoms with Crippen molar-refractivity contribution < 1.29 is 0 Å². The fourth-order valence-electron chi connectivity index (χ4n) is 1.23. The third-order valence-electron chi connectivity index (χ3n) is 1.87. The lowest BCUT2D eigenvalue weighted by molar-refractivity contribution is 0.773. The van der Waals surface area contributed by atoms with Gasteiger partial charge in [0.25, 0.3) is 0 Å². The molecule has 0 N–H and O–H groups in total. The van der Waals surface area contributed by atoms with Gasteiger partial charge in [-0.1, -0.05) is 12.1 Å². The molecule has 0 fully saturated rings. The van der Waals surface area contributed by atoms with Crippen molar-refractivity contribution in [2.75, 3.05) is 0 Å². The molecule has 0 saturated heterocycles. The van der Waals surface area contributed by atoms with Crippen LogP contribution in [0.5, 0.6) is 0 Å². The summed E-state index contributed by atoms with van der Waals surface area (Å²) in [6.45, 7) is 0. The SMILES string of the molecule is Cn1ncc(=O)c2ccccc21. The van der Waals surface area contributed by atoms with E-state index in [4.69, 9.17) is 0 Å². The van der Waals surface area contributed by atoms with E-state index < -0.39 is 0 Å². The van der Waals surface area contributed by atoms with E-state index in [-0.39, 0.29) is 5.43 Å². The summed E-state index contributed by atoms with van der Waals surface area (Å²) in [5.41, 5.74) is 0.841. The van der Waals surface area contributed by atoms with Crippen LogP contribution >= 0.6 is 0 Å². The Hall–Kier alpha value is -1.64. The van der Waals surface area contributed by atoms with Crippen molar-refractivity contribution in [3.8, 4) is 0 Å². The molecule has 3 heteroatoms. The predicted molar refractivity (Wildman–Crippen MR) is 47.0 cm³/mol. The van der Waals surface area contributed by atoms with Crippen molar-refractivity contribution in [2.24, 2.45) is 7.05 Å². The van der Waals surface area contributed by atoms with Gasteiger partial charge in [0.2, 0.25) is 5.43 Å². The van der Waals surface area contributed by atoms with Crippen LogP contribution in [-0.4, -0.2) is 9.78 Å². The summed E-state index contributed by atoms with van der Waals surface area (Å²) in [5.74, 6) is 0. The molecule has 2 rings (SSSR count). The van der Waals surface area contributed by atoms with E-state index >= 15 is 0 Å². The number of fused-ring (bicyclic) bond motifs is 1. The number of para-hydroxylation sites is 1. The molecule has 1 heterocycles. The van der Waals surface area contributed by atoms with Crippen molar-refractivity contribution in [2.45, 2.75) is 0 Å². The van der Waals surface area contributed by atoms with Crippen LogP contribution < -0.4 is 5.43 Å². The average Bonchev–Trinajstić information content (AvgIpc) is 2.12. The zero-order valence-corrected chi connectivity index (χ0v) is 6.69. The molecule has 60 valence electrons. The summed E-state index contributed by atoms with van der Waals surface area (Å²) in [4.78, 5) is 11.3. The van der Waals surface area contributed by atoms with Gasteiger partial charge in [0.05, 0.1) is 11.7 Å². The van der Waals surface area contributed by atoms with Gasteiger partial charge >= 0.3 is 0 Å². The van der Waals surface area contributed by atoms with Gasteiger partial charge < -0.3 is 0 Å². The highest BCUT2D eigenvalue weighted by Crippen LogP contribution is 2.05. The molecule has 0 radical (unpaired) electrons. The second-order valence-corrected chi connectivity index (χ2v) is 2.65. The lowest BCUT2D eigenvalue weighted by Gasteiger charge is -2.00. The molecule has 0 aliphatic heterocycles. The van der Waals surface area contributed by atoms with Gasteiger partial charge in [-0.3, -0.25) is 9.48 Å². The largest absolute Gasteiger partial charge is 0.287 e. The molecule has 0 bridgehead atoms. The third kappa shape index (κ3) is 0.906. The quantitative estimate of drug-likeness (QED) is 0.574. The Balaban J connectivity index is 3.05. The van der Waals surface area contributed by atoms with Crippen LogP contribution in [0.1, 0.15) is 0 Å². The second-order valence-electron chi connectivity index (χ2n) is 2.65. The molecule has 0 atom stereocenters. The van der Waals surface area contributed by atoms with E-state index in [1.54, 1.807) is 10.7 Å². The maximum Gasteiger partial charge on any atom is 0.207 e. The van der Waals surface area contributed by atoms with E-state index in [1.807, 2.05) is 25.2 Å². The molecule has 12 heavy (non-hydrogen) atoms. The van der Waals surface area contributed by atoms with Gasteiger partial charge in [-0.15, -0.1) is 0 Å². The lowest BCUT2D eigenvalue weighted by Crippen LogP contribution is -2.08. The molecule has 0 saturated carbocycles. The highest BCUT2D eigenvalue weighted by atomic mass is 16.1.